The van der Waals surface area contributed by atoms with E-state index < -0.39 is 0 Å². The molecule has 4 heteroatoms. The molecular weight excluding hydrogens is 1270 g/mol. The van der Waals surface area contributed by atoms with Crippen LogP contribution in [0.15, 0.2) is 170 Å². The van der Waals surface area contributed by atoms with Gasteiger partial charge in [-0.3, -0.25) is 9.67 Å². The van der Waals surface area contributed by atoms with Crippen LogP contribution in [0.25, 0.3) is 89.3 Å². The Hall–Kier alpha value is -6.45. The molecule has 9 aromatic rings. The van der Waals surface area contributed by atoms with Crippen LogP contribution in [0, 0.1) is 27.7 Å². The van der Waals surface area contributed by atoms with E-state index in [4.69, 9.17) is 10.1 Å². The predicted octanol–water partition coefficient (Wildman–Crippen LogP) is 24.8. The molecular formula is C86H106IrN3-. The van der Waals surface area contributed by atoms with Crippen LogP contribution in [0.3, 0.4) is 0 Å². The van der Waals surface area contributed by atoms with E-state index >= 15 is 0 Å². The van der Waals surface area contributed by atoms with Gasteiger partial charge in [0.2, 0.25) is 0 Å². The zero-order valence-electron chi connectivity index (χ0n) is 59.1. The minimum absolute atomic E-state index is 0. The SMILES string of the molecule is CCCc1nc(-c2[c-]ccc(-c3cc(-c4cc(-c5ccc(C(C)(C)CC(C)(C)C)cc5)cc(-c5ccc(C(C)(C)CC(C)(C)C)cc5)c4)cc(-c4cc(-c5ccc(C(C)(C)CC(C)(C)C)cc5)cc(-c5ccc(C(C)(C)CC(C)(C)C)cc5)c4)c3)c2)n(C)n1.[Ir]. The Morgan fingerprint density at radius 1 is 0.322 bits per heavy atom. The first kappa shape index (κ1) is 69.4. The molecule has 0 spiro atoms. The third-order valence-corrected chi connectivity index (χ3v) is 18.0. The summed E-state index contributed by atoms with van der Waals surface area (Å²) in [4.78, 5) is 5.05. The molecule has 0 aliphatic heterocycles. The van der Waals surface area contributed by atoms with Crippen molar-refractivity contribution in [2.45, 2.75) is 206 Å². The molecule has 0 saturated carbocycles. The predicted molar refractivity (Wildman–Crippen MR) is 386 cm³/mol. The number of aromatic nitrogens is 3. The maximum Gasteiger partial charge on any atom is 0.140 e. The summed E-state index contributed by atoms with van der Waals surface area (Å²) in [6.45, 7) is 49.5. The number of nitrogens with zero attached hydrogens (tertiary/aromatic N) is 3. The van der Waals surface area contributed by atoms with Crippen molar-refractivity contribution in [3.8, 4) is 89.3 Å². The van der Waals surface area contributed by atoms with Crippen molar-refractivity contribution in [2.75, 3.05) is 0 Å². The van der Waals surface area contributed by atoms with Crippen molar-refractivity contribution in [2.24, 2.45) is 28.7 Å². The van der Waals surface area contributed by atoms with Crippen molar-refractivity contribution < 1.29 is 20.1 Å². The van der Waals surface area contributed by atoms with E-state index in [0.717, 1.165) is 89.1 Å². The third-order valence-electron chi connectivity index (χ3n) is 18.0. The summed E-state index contributed by atoms with van der Waals surface area (Å²) in [5.74, 6) is 1.68. The molecule has 3 nitrogen and oxygen atoms in total. The van der Waals surface area contributed by atoms with Crippen LogP contribution in [0.5, 0.6) is 0 Å². The quantitative estimate of drug-likeness (QED) is 0.0802. The molecule has 9 rings (SSSR count). The maximum absolute atomic E-state index is 5.05. The van der Waals surface area contributed by atoms with Gasteiger partial charge >= 0.3 is 0 Å². The fourth-order valence-corrected chi connectivity index (χ4v) is 15.3. The number of aryl methyl sites for hydroxylation is 2. The van der Waals surface area contributed by atoms with Gasteiger partial charge in [-0.25, -0.2) is 0 Å². The van der Waals surface area contributed by atoms with Crippen molar-refractivity contribution in [1.29, 1.82) is 0 Å². The molecule has 0 aliphatic rings. The molecule has 1 radical (unpaired) electrons. The van der Waals surface area contributed by atoms with Crippen LogP contribution < -0.4 is 0 Å². The Balaban J connectivity index is 0.0000105. The monoisotopic (exact) mass is 1370 g/mol. The van der Waals surface area contributed by atoms with Crippen molar-refractivity contribution >= 4 is 0 Å². The topological polar surface area (TPSA) is 30.7 Å². The minimum Gasteiger partial charge on any atom is -0.289 e. The van der Waals surface area contributed by atoms with Gasteiger partial charge in [-0.05, 0) is 225 Å². The summed E-state index contributed by atoms with van der Waals surface area (Å²) in [6.07, 6.45) is 6.18. The zero-order chi connectivity index (χ0) is 64.9. The Morgan fingerprint density at radius 3 is 0.811 bits per heavy atom. The van der Waals surface area contributed by atoms with Crippen LogP contribution in [0.2, 0.25) is 0 Å². The number of rotatable bonds is 18. The molecule has 0 aliphatic carbocycles. The van der Waals surface area contributed by atoms with E-state index in [-0.39, 0.29) is 63.4 Å². The smallest absolute Gasteiger partial charge is 0.140 e. The second-order valence-corrected chi connectivity index (χ2v) is 33.9. The van der Waals surface area contributed by atoms with Gasteiger partial charge in [-0.15, -0.1) is 35.4 Å². The largest absolute Gasteiger partial charge is 0.289 e. The molecule has 0 amide bonds. The number of hydrogen-bond donors (Lipinski definition) is 0. The molecule has 0 atom stereocenters. The fraction of sp³-hybridized carbons (Fsp3) is 0.419. The molecule has 0 unspecified atom stereocenters. The molecule has 0 bridgehead atoms. The normalized spacial score (nSPS) is 13.0. The molecule has 1 heterocycles. The number of benzene rings is 8. The Kier molecular flexibility index (Phi) is 20.3. The Morgan fingerprint density at radius 2 is 0.567 bits per heavy atom. The summed E-state index contributed by atoms with van der Waals surface area (Å²) < 4.78 is 1.91. The average Bonchev–Trinajstić information content (AvgIpc) is 1.16. The first-order valence-corrected chi connectivity index (χ1v) is 33.2. The van der Waals surface area contributed by atoms with Crippen LogP contribution in [-0.4, -0.2) is 14.8 Å². The van der Waals surface area contributed by atoms with Gasteiger partial charge in [0.05, 0.1) is 5.82 Å². The van der Waals surface area contributed by atoms with Gasteiger partial charge in [0.1, 0.15) is 5.82 Å². The summed E-state index contributed by atoms with van der Waals surface area (Å²) in [7, 11) is 2.00. The van der Waals surface area contributed by atoms with Crippen molar-refractivity contribution in [3.05, 3.63) is 204 Å². The van der Waals surface area contributed by atoms with E-state index in [1.54, 1.807) is 0 Å². The van der Waals surface area contributed by atoms with E-state index in [1.807, 2.05) is 11.7 Å². The molecule has 8 aromatic carbocycles. The fourth-order valence-electron chi connectivity index (χ4n) is 15.3. The summed E-state index contributed by atoms with van der Waals surface area (Å²) in [6, 6.07) is 69.6. The van der Waals surface area contributed by atoms with Crippen molar-refractivity contribution in [3.63, 3.8) is 0 Å². The standard InChI is InChI=1S/C86H106N3.Ir/c1-23-25-77-87-78(89(22)88-77)63-27-24-26-62(44-63)68-51-71(69-47-64(58-28-36-73(37-29-58)83(14,15)54-79(2,3)4)45-65(48-69)59-30-38-74(39-31-59)84(16,17)55-80(5,6)7)53-72(52-68)70-49-66(60-32-40-75(41-33-60)85(18,19)56-81(8,9)10)46-67(50-70)61-34-42-76(43-35-61)86(20,21)57-82(11,12)13;/h24,26,28-53H,23,25,54-57H2,1-22H3;/q-1;. The van der Waals surface area contributed by atoms with Gasteiger partial charge in [0.25, 0.3) is 0 Å². The van der Waals surface area contributed by atoms with Crippen LogP contribution in [-0.2, 0) is 55.2 Å². The van der Waals surface area contributed by atoms with E-state index in [1.165, 1.54) is 66.8 Å². The number of hydrogen-bond acceptors (Lipinski definition) is 2. The van der Waals surface area contributed by atoms with Gasteiger partial charge in [-0.1, -0.05) is 242 Å². The Labute approximate surface area is 558 Å². The molecule has 0 N–H and O–H groups in total. The van der Waals surface area contributed by atoms with Gasteiger partial charge in [0, 0.05) is 33.6 Å². The summed E-state index contributed by atoms with van der Waals surface area (Å²) >= 11 is 0. The minimum atomic E-state index is 0. The van der Waals surface area contributed by atoms with Gasteiger partial charge in [-0.2, -0.15) is 5.10 Å². The second-order valence-electron chi connectivity index (χ2n) is 33.9. The first-order valence-electron chi connectivity index (χ1n) is 33.2. The molecule has 1 aromatic heterocycles. The molecule has 475 valence electrons. The summed E-state index contributed by atoms with van der Waals surface area (Å²) in [5, 5.41) is 4.83. The molecule has 0 saturated heterocycles. The van der Waals surface area contributed by atoms with Crippen LogP contribution in [0.4, 0.5) is 0 Å². The molecule has 90 heavy (non-hydrogen) atoms. The Bertz CT molecular complexity index is 3520. The van der Waals surface area contributed by atoms with E-state index in [9.17, 15) is 0 Å². The van der Waals surface area contributed by atoms with E-state index in [0.29, 0.717) is 0 Å². The molecule has 0 fully saturated rings. The second kappa shape index (κ2) is 26.3. The summed E-state index contributed by atoms with van der Waals surface area (Å²) in [5.41, 5.74) is 23.7. The van der Waals surface area contributed by atoms with Gasteiger partial charge < -0.3 is 0 Å². The van der Waals surface area contributed by atoms with E-state index in [2.05, 4.69) is 321 Å². The van der Waals surface area contributed by atoms with Crippen LogP contribution in [0.1, 0.15) is 206 Å². The average molecular weight is 1370 g/mol. The maximum atomic E-state index is 5.05. The van der Waals surface area contributed by atoms with Crippen molar-refractivity contribution in [1.82, 2.24) is 14.8 Å². The first-order chi connectivity index (χ1) is 41.3. The van der Waals surface area contributed by atoms with Gasteiger partial charge in [0.15, 0.2) is 0 Å². The van der Waals surface area contributed by atoms with Crippen LogP contribution >= 0.6 is 0 Å². The zero-order valence-corrected chi connectivity index (χ0v) is 61.5. The third kappa shape index (κ3) is 17.4.